The number of anilines is 1. The van der Waals surface area contributed by atoms with Gasteiger partial charge in [-0.1, -0.05) is 35.9 Å². The molecular weight excluding hydrogens is 422 g/mol. The highest BCUT2D eigenvalue weighted by Gasteiger charge is 2.14. The van der Waals surface area contributed by atoms with Crippen LogP contribution in [0.25, 0.3) is 21.3 Å². The van der Waals surface area contributed by atoms with E-state index in [9.17, 15) is 9.59 Å². The predicted molar refractivity (Wildman–Crippen MR) is 121 cm³/mol. The van der Waals surface area contributed by atoms with Crippen molar-refractivity contribution in [3.63, 3.8) is 0 Å². The summed E-state index contributed by atoms with van der Waals surface area (Å²) in [5, 5.41) is 5.92. The number of hydrogen-bond acceptors (Lipinski definition) is 5. The van der Waals surface area contributed by atoms with Gasteiger partial charge in [0.25, 0.3) is 5.56 Å². The quantitative estimate of drug-likeness (QED) is 0.467. The van der Waals surface area contributed by atoms with Gasteiger partial charge < -0.3 is 10.1 Å². The Labute approximate surface area is 181 Å². The molecule has 4 rings (SSSR count). The number of carbonyl (C=O) groups excluding carboxylic acids is 1. The summed E-state index contributed by atoms with van der Waals surface area (Å²) in [6.45, 7) is 0.221. The second kappa shape index (κ2) is 8.69. The van der Waals surface area contributed by atoms with E-state index in [0.29, 0.717) is 26.7 Å². The molecule has 2 aromatic heterocycles. The van der Waals surface area contributed by atoms with E-state index >= 15 is 0 Å². The first-order chi connectivity index (χ1) is 14.6. The second-order valence-electron chi connectivity index (χ2n) is 6.58. The van der Waals surface area contributed by atoms with Gasteiger partial charge in [-0.3, -0.25) is 14.2 Å². The number of aryl methyl sites for hydroxylation is 1. The van der Waals surface area contributed by atoms with E-state index in [-0.39, 0.29) is 24.4 Å². The van der Waals surface area contributed by atoms with Crippen molar-refractivity contribution in [2.24, 2.45) is 0 Å². The van der Waals surface area contributed by atoms with Crippen molar-refractivity contribution in [3.05, 3.63) is 75.6 Å². The van der Waals surface area contributed by atoms with Crippen molar-refractivity contribution < 1.29 is 9.53 Å². The number of fused-ring (bicyclic) bond motifs is 1. The largest absolute Gasteiger partial charge is 0.495 e. The number of carbonyl (C=O) groups is 1. The van der Waals surface area contributed by atoms with Crippen LogP contribution in [-0.2, 0) is 11.3 Å². The van der Waals surface area contributed by atoms with Crippen molar-refractivity contribution in [1.82, 2.24) is 9.55 Å². The van der Waals surface area contributed by atoms with Crippen LogP contribution in [0.15, 0.2) is 65.0 Å². The molecule has 152 valence electrons. The standard InChI is InChI=1S/C22H18ClN3O3S/c1-29-18-5-3-2-4-17(18)25-19(27)10-11-26-13-24-21-20(22(26)28)16(12-30-21)14-6-8-15(23)9-7-14/h2-9,12-13H,10-11H2,1H3,(H,25,27). The van der Waals surface area contributed by atoms with Gasteiger partial charge in [0.15, 0.2) is 0 Å². The van der Waals surface area contributed by atoms with E-state index in [1.54, 1.807) is 31.4 Å². The number of amides is 1. The molecule has 0 spiro atoms. The summed E-state index contributed by atoms with van der Waals surface area (Å²) in [5.41, 5.74) is 2.14. The van der Waals surface area contributed by atoms with Gasteiger partial charge in [0.2, 0.25) is 5.91 Å². The molecule has 2 aromatic carbocycles. The van der Waals surface area contributed by atoms with E-state index in [1.807, 2.05) is 29.6 Å². The van der Waals surface area contributed by atoms with E-state index < -0.39 is 0 Å². The summed E-state index contributed by atoms with van der Waals surface area (Å²) in [4.78, 5) is 30.5. The van der Waals surface area contributed by atoms with Crippen molar-refractivity contribution in [2.45, 2.75) is 13.0 Å². The zero-order chi connectivity index (χ0) is 21.1. The Morgan fingerprint density at radius 3 is 2.73 bits per heavy atom. The third kappa shape index (κ3) is 4.08. The smallest absolute Gasteiger partial charge is 0.262 e. The minimum atomic E-state index is -0.213. The first-order valence-corrected chi connectivity index (χ1v) is 10.5. The molecule has 0 bridgehead atoms. The summed E-state index contributed by atoms with van der Waals surface area (Å²) in [7, 11) is 1.55. The van der Waals surface area contributed by atoms with E-state index in [1.165, 1.54) is 22.2 Å². The van der Waals surface area contributed by atoms with Crippen molar-refractivity contribution >= 4 is 44.7 Å². The number of rotatable bonds is 6. The molecule has 0 aliphatic heterocycles. The first kappa shape index (κ1) is 20.1. The maximum Gasteiger partial charge on any atom is 0.262 e. The van der Waals surface area contributed by atoms with Gasteiger partial charge in [-0.15, -0.1) is 11.3 Å². The molecule has 0 atom stereocenters. The summed E-state index contributed by atoms with van der Waals surface area (Å²) in [6, 6.07) is 14.5. The Balaban J connectivity index is 1.55. The number of hydrogen-bond donors (Lipinski definition) is 1. The minimum Gasteiger partial charge on any atom is -0.495 e. The van der Waals surface area contributed by atoms with E-state index in [4.69, 9.17) is 16.3 Å². The number of nitrogens with zero attached hydrogens (tertiary/aromatic N) is 2. The van der Waals surface area contributed by atoms with Crippen LogP contribution in [0, 0.1) is 0 Å². The van der Waals surface area contributed by atoms with Gasteiger partial charge >= 0.3 is 0 Å². The topological polar surface area (TPSA) is 73.2 Å². The third-order valence-corrected chi connectivity index (χ3v) is 5.82. The van der Waals surface area contributed by atoms with Gasteiger partial charge in [-0.05, 0) is 29.8 Å². The predicted octanol–water partition coefficient (Wildman–Crippen LogP) is 4.82. The third-order valence-electron chi connectivity index (χ3n) is 4.68. The van der Waals surface area contributed by atoms with Crippen molar-refractivity contribution in [1.29, 1.82) is 0 Å². The van der Waals surface area contributed by atoms with Crippen LogP contribution in [-0.4, -0.2) is 22.6 Å². The molecule has 1 amide bonds. The molecule has 0 aliphatic carbocycles. The number of thiophene rings is 1. The van der Waals surface area contributed by atoms with E-state index in [2.05, 4.69) is 10.3 Å². The monoisotopic (exact) mass is 439 g/mol. The fourth-order valence-electron chi connectivity index (χ4n) is 3.15. The number of halogens is 1. The van der Waals surface area contributed by atoms with Crippen LogP contribution in [0.1, 0.15) is 6.42 Å². The van der Waals surface area contributed by atoms with Crippen LogP contribution in [0.5, 0.6) is 5.75 Å². The molecular formula is C22H18ClN3O3S. The lowest BCUT2D eigenvalue weighted by Crippen LogP contribution is -2.23. The Morgan fingerprint density at radius 1 is 1.20 bits per heavy atom. The SMILES string of the molecule is COc1ccccc1NC(=O)CCn1cnc2scc(-c3ccc(Cl)cc3)c2c1=O. The summed E-state index contributed by atoms with van der Waals surface area (Å²) in [5.74, 6) is 0.367. The Morgan fingerprint density at radius 2 is 1.97 bits per heavy atom. The maximum atomic E-state index is 13.1. The average Bonchev–Trinajstić information content (AvgIpc) is 3.19. The zero-order valence-corrected chi connectivity index (χ0v) is 17.7. The lowest BCUT2D eigenvalue weighted by atomic mass is 10.1. The average molecular weight is 440 g/mol. The highest BCUT2D eigenvalue weighted by molar-refractivity contribution is 7.17. The normalized spacial score (nSPS) is 10.9. The first-order valence-electron chi connectivity index (χ1n) is 9.22. The molecule has 30 heavy (non-hydrogen) atoms. The van der Waals surface area contributed by atoms with Gasteiger partial charge in [0, 0.05) is 28.9 Å². The number of benzene rings is 2. The molecule has 0 saturated heterocycles. The molecule has 2 heterocycles. The summed E-state index contributed by atoms with van der Waals surface area (Å²) in [6.07, 6.45) is 1.62. The highest BCUT2D eigenvalue weighted by Crippen LogP contribution is 2.31. The molecule has 8 heteroatoms. The van der Waals surface area contributed by atoms with Crippen LogP contribution >= 0.6 is 22.9 Å². The van der Waals surface area contributed by atoms with Gasteiger partial charge in [-0.25, -0.2) is 4.98 Å². The molecule has 0 radical (unpaired) electrons. The molecule has 0 unspecified atom stereocenters. The summed E-state index contributed by atoms with van der Waals surface area (Å²) < 4.78 is 6.71. The van der Waals surface area contributed by atoms with Crippen LogP contribution in [0.3, 0.4) is 0 Å². The molecule has 6 nitrogen and oxygen atoms in total. The zero-order valence-electron chi connectivity index (χ0n) is 16.1. The van der Waals surface area contributed by atoms with Gasteiger partial charge in [0.1, 0.15) is 10.6 Å². The van der Waals surface area contributed by atoms with Crippen molar-refractivity contribution in [3.8, 4) is 16.9 Å². The Hall–Kier alpha value is -3.16. The molecule has 4 aromatic rings. The molecule has 0 fully saturated rings. The highest BCUT2D eigenvalue weighted by atomic mass is 35.5. The minimum absolute atomic E-state index is 0.131. The Bertz CT molecular complexity index is 1260. The number of nitrogens with one attached hydrogen (secondary N) is 1. The molecule has 0 saturated carbocycles. The maximum absolute atomic E-state index is 13.1. The number of para-hydroxylation sites is 2. The molecule has 0 aliphatic rings. The summed E-state index contributed by atoms with van der Waals surface area (Å²) >= 11 is 7.39. The van der Waals surface area contributed by atoms with E-state index in [0.717, 1.165) is 11.1 Å². The Kier molecular flexibility index (Phi) is 5.83. The number of methoxy groups -OCH3 is 1. The lowest BCUT2D eigenvalue weighted by Gasteiger charge is -2.10. The van der Waals surface area contributed by atoms with Crippen LogP contribution < -0.4 is 15.6 Å². The lowest BCUT2D eigenvalue weighted by molar-refractivity contribution is -0.116. The number of aromatic nitrogens is 2. The second-order valence-corrected chi connectivity index (χ2v) is 7.87. The molecule has 1 N–H and O–H groups in total. The fraction of sp³-hybridized carbons (Fsp3) is 0.136. The van der Waals surface area contributed by atoms with Crippen LogP contribution in [0.2, 0.25) is 5.02 Å². The number of ether oxygens (including phenoxy) is 1. The van der Waals surface area contributed by atoms with Gasteiger partial charge in [0.05, 0.1) is 24.5 Å². The fourth-order valence-corrected chi connectivity index (χ4v) is 4.18. The van der Waals surface area contributed by atoms with Gasteiger partial charge in [-0.2, -0.15) is 0 Å². The van der Waals surface area contributed by atoms with Crippen molar-refractivity contribution in [2.75, 3.05) is 12.4 Å². The van der Waals surface area contributed by atoms with Crippen LogP contribution in [0.4, 0.5) is 5.69 Å².